The SMILES string of the molecule is CC(C)Oc1ccc(NC(=O)C2(C)CCN(c3ccccc3)S2(=O)=O)cc1. The van der Waals surface area contributed by atoms with Gasteiger partial charge in [-0.2, -0.15) is 0 Å². The second kappa shape index (κ2) is 7.23. The van der Waals surface area contributed by atoms with Crippen LogP contribution in [0.5, 0.6) is 5.75 Å². The number of hydrogen-bond acceptors (Lipinski definition) is 4. The van der Waals surface area contributed by atoms with Gasteiger partial charge in [0.25, 0.3) is 0 Å². The molecule has 7 heteroatoms. The predicted molar refractivity (Wildman–Crippen MR) is 107 cm³/mol. The lowest BCUT2D eigenvalue weighted by atomic mass is 10.1. The molecule has 1 N–H and O–H groups in total. The van der Waals surface area contributed by atoms with E-state index in [-0.39, 0.29) is 19.1 Å². The van der Waals surface area contributed by atoms with E-state index in [1.165, 1.54) is 11.2 Å². The molecule has 0 bridgehead atoms. The van der Waals surface area contributed by atoms with E-state index in [4.69, 9.17) is 4.74 Å². The van der Waals surface area contributed by atoms with E-state index in [0.717, 1.165) is 0 Å². The number of sulfonamides is 1. The Morgan fingerprint density at radius 3 is 2.33 bits per heavy atom. The smallest absolute Gasteiger partial charge is 0.249 e. The Hall–Kier alpha value is -2.54. The molecule has 0 saturated carbocycles. The van der Waals surface area contributed by atoms with E-state index in [0.29, 0.717) is 17.1 Å². The van der Waals surface area contributed by atoms with Crippen molar-refractivity contribution in [2.75, 3.05) is 16.2 Å². The Balaban J connectivity index is 1.78. The van der Waals surface area contributed by atoms with E-state index in [1.54, 1.807) is 48.5 Å². The van der Waals surface area contributed by atoms with Crippen LogP contribution in [-0.4, -0.2) is 31.7 Å². The lowest BCUT2D eigenvalue weighted by molar-refractivity contribution is -0.118. The third kappa shape index (κ3) is 3.64. The zero-order valence-electron chi connectivity index (χ0n) is 15.7. The van der Waals surface area contributed by atoms with Gasteiger partial charge in [-0.15, -0.1) is 0 Å². The van der Waals surface area contributed by atoms with Gasteiger partial charge in [0.1, 0.15) is 5.75 Å². The number of nitrogens with one attached hydrogen (secondary N) is 1. The van der Waals surface area contributed by atoms with Crippen LogP contribution in [-0.2, 0) is 14.8 Å². The highest BCUT2D eigenvalue weighted by Crippen LogP contribution is 2.37. The van der Waals surface area contributed by atoms with Gasteiger partial charge in [-0.3, -0.25) is 9.10 Å². The number of amides is 1. The number of para-hydroxylation sites is 1. The summed E-state index contributed by atoms with van der Waals surface area (Å²) in [4.78, 5) is 12.8. The Labute approximate surface area is 160 Å². The summed E-state index contributed by atoms with van der Waals surface area (Å²) in [6, 6.07) is 15.7. The highest BCUT2D eigenvalue weighted by molar-refractivity contribution is 7.95. The third-order valence-corrected chi connectivity index (χ3v) is 7.16. The molecule has 1 aliphatic rings. The van der Waals surface area contributed by atoms with E-state index >= 15 is 0 Å². The Bertz CT molecular complexity index is 911. The van der Waals surface area contributed by atoms with Gasteiger partial charge < -0.3 is 10.1 Å². The first-order valence-electron chi connectivity index (χ1n) is 8.89. The summed E-state index contributed by atoms with van der Waals surface area (Å²) in [5, 5.41) is 2.73. The average Bonchev–Trinajstić information content (AvgIpc) is 2.87. The van der Waals surface area contributed by atoms with Crippen LogP contribution in [0.3, 0.4) is 0 Å². The van der Waals surface area contributed by atoms with Crippen molar-refractivity contribution < 1.29 is 17.9 Å². The number of nitrogens with zero attached hydrogens (tertiary/aromatic N) is 1. The molecule has 1 fully saturated rings. The second-order valence-electron chi connectivity index (χ2n) is 7.04. The fourth-order valence-corrected chi connectivity index (χ4v) is 4.90. The molecule has 0 aromatic heterocycles. The standard InChI is InChI=1S/C20H24N2O4S/c1-15(2)26-18-11-9-16(10-12-18)21-19(23)20(3)13-14-22(27(20,24)25)17-7-5-4-6-8-17/h4-12,15H,13-14H2,1-3H3,(H,21,23). The molecule has 6 nitrogen and oxygen atoms in total. The summed E-state index contributed by atoms with van der Waals surface area (Å²) in [5.41, 5.74) is 1.11. The summed E-state index contributed by atoms with van der Waals surface area (Å²) < 4.78 is 31.5. The Kier molecular flexibility index (Phi) is 5.15. The minimum Gasteiger partial charge on any atom is -0.491 e. The number of carbonyl (C=O) groups excluding carboxylic acids is 1. The molecule has 144 valence electrons. The number of carbonyl (C=O) groups is 1. The molecule has 2 aromatic carbocycles. The Morgan fingerprint density at radius 2 is 1.74 bits per heavy atom. The molecule has 0 radical (unpaired) electrons. The third-order valence-electron chi connectivity index (χ3n) is 4.66. The van der Waals surface area contributed by atoms with Crippen LogP contribution >= 0.6 is 0 Å². The second-order valence-corrected chi connectivity index (χ2v) is 9.33. The van der Waals surface area contributed by atoms with Crippen molar-refractivity contribution >= 4 is 27.3 Å². The summed E-state index contributed by atoms with van der Waals surface area (Å²) in [6.45, 7) is 5.62. The van der Waals surface area contributed by atoms with Gasteiger partial charge in [-0.05, 0) is 63.6 Å². The zero-order valence-corrected chi connectivity index (χ0v) is 16.5. The maximum Gasteiger partial charge on any atom is 0.249 e. The largest absolute Gasteiger partial charge is 0.491 e. The van der Waals surface area contributed by atoms with Crippen molar-refractivity contribution in [2.45, 2.75) is 38.0 Å². The first kappa shape index (κ1) is 19.2. The zero-order chi connectivity index (χ0) is 19.7. The van der Waals surface area contributed by atoms with Gasteiger partial charge in [0.05, 0.1) is 11.8 Å². The molecule has 1 heterocycles. The van der Waals surface area contributed by atoms with E-state index in [1.807, 2.05) is 19.9 Å². The number of anilines is 2. The minimum atomic E-state index is -3.83. The van der Waals surface area contributed by atoms with Crippen LogP contribution in [0.2, 0.25) is 0 Å². The number of ether oxygens (including phenoxy) is 1. The highest BCUT2D eigenvalue weighted by Gasteiger charge is 2.54. The van der Waals surface area contributed by atoms with Crippen molar-refractivity contribution in [1.82, 2.24) is 0 Å². The van der Waals surface area contributed by atoms with Gasteiger partial charge in [-0.25, -0.2) is 8.42 Å². The molecule has 0 aliphatic carbocycles. The van der Waals surface area contributed by atoms with Gasteiger partial charge in [-0.1, -0.05) is 18.2 Å². The highest BCUT2D eigenvalue weighted by atomic mass is 32.2. The van der Waals surface area contributed by atoms with Gasteiger partial charge in [0.2, 0.25) is 15.9 Å². The molecule has 2 aromatic rings. The van der Waals surface area contributed by atoms with Crippen molar-refractivity contribution in [2.24, 2.45) is 0 Å². The lowest BCUT2D eigenvalue weighted by Crippen LogP contribution is -2.47. The molecule has 1 aliphatic heterocycles. The van der Waals surface area contributed by atoms with Crippen LogP contribution in [0.4, 0.5) is 11.4 Å². The van der Waals surface area contributed by atoms with E-state index in [9.17, 15) is 13.2 Å². The maximum absolute atomic E-state index is 13.1. The van der Waals surface area contributed by atoms with Crippen molar-refractivity contribution in [1.29, 1.82) is 0 Å². The molecule has 1 atom stereocenters. The molecule has 0 spiro atoms. The molecule has 1 amide bonds. The van der Waals surface area contributed by atoms with Crippen molar-refractivity contribution in [3.8, 4) is 5.75 Å². The summed E-state index contributed by atoms with van der Waals surface area (Å²) in [5.74, 6) is 0.163. The number of hydrogen-bond donors (Lipinski definition) is 1. The topological polar surface area (TPSA) is 75.7 Å². The van der Waals surface area contributed by atoms with Crippen molar-refractivity contribution in [3.63, 3.8) is 0 Å². The fourth-order valence-electron chi connectivity index (χ4n) is 3.05. The van der Waals surface area contributed by atoms with Crippen LogP contribution in [0.25, 0.3) is 0 Å². The van der Waals surface area contributed by atoms with Crippen LogP contribution in [0.1, 0.15) is 27.2 Å². The number of rotatable bonds is 5. The van der Waals surface area contributed by atoms with Crippen LogP contribution in [0.15, 0.2) is 54.6 Å². The molecule has 3 rings (SSSR count). The van der Waals surface area contributed by atoms with Crippen molar-refractivity contribution in [3.05, 3.63) is 54.6 Å². The normalized spacial score (nSPS) is 21.3. The molecule has 1 saturated heterocycles. The average molecular weight is 388 g/mol. The molecule has 27 heavy (non-hydrogen) atoms. The Morgan fingerprint density at radius 1 is 1.11 bits per heavy atom. The summed E-state index contributed by atoms with van der Waals surface area (Å²) in [7, 11) is -3.83. The molecular weight excluding hydrogens is 364 g/mol. The van der Waals surface area contributed by atoms with Gasteiger partial charge in [0, 0.05) is 12.2 Å². The maximum atomic E-state index is 13.1. The lowest BCUT2D eigenvalue weighted by Gasteiger charge is -2.25. The van der Waals surface area contributed by atoms with Gasteiger partial charge in [0.15, 0.2) is 4.75 Å². The van der Waals surface area contributed by atoms with E-state index in [2.05, 4.69) is 5.32 Å². The molecular formula is C20H24N2O4S. The number of benzene rings is 2. The summed E-state index contributed by atoms with van der Waals surface area (Å²) in [6.07, 6.45) is 0.280. The van der Waals surface area contributed by atoms with Crippen LogP contribution < -0.4 is 14.4 Å². The monoisotopic (exact) mass is 388 g/mol. The molecule has 1 unspecified atom stereocenters. The first-order chi connectivity index (χ1) is 12.7. The van der Waals surface area contributed by atoms with E-state index < -0.39 is 20.7 Å². The summed E-state index contributed by atoms with van der Waals surface area (Å²) >= 11 is 0. The van der Waals surface area contributed by atoms with Crippen LogP contribution in [0, 0.1) is 0 Å². The fraction of sp³-hybridized carbons (Fsp3) is 0.350. The first-order valence-corrected chi connectivity index (χ1v) is 10.3. The minimum absolute atomic E-state index is 0.0527. The predicted octanol–water partition coefficient (Wildman–Crippen LogP) is 3.41. The van der Waals surface area contributed by atoms with Gasteiger partial charge >= 0.3 is 0 Å². The quantitative estimate of drug-likeness (QED) is 0.852.